The quantitative estimate of drug-likeness (QED) is 0.804. The number of hydrogen-bond acceptors (Lipinski definition) is 2. The summed E-state index contributed by atoms with van der Waals surface area (Å²) >= 11 is 10.5. The average Bonchev–Trinajstić information content (AvgIpc) is 2.23. The van der Waals surface area contributed by atoms with E-state index < -0.39 is 5.82 Å². The number of halogens is 2. The van der Waals surface area contributed by atoms with E-state index in [1.165, 1.54) is 18.2 Å². The molecule has 1 aromatic rings. The fourth-order valence-electron chi connectivity index (χ4n) is 0.951. The summed E-state index contributed by atoms with van der Waals surface area (Å²) in [5.41, 5.74) is 0.521. The van der Waals surface area contributed by atoms with Crippen molar-refractivity contribution in [2.75, 3.05) is 5.32 Å². The molecule has 1 aromatic carbocycles. The van der Waals surface area contributed by atoms with Crippen LogP contribution in [0.1, 0.15) is 13.3 Å². The first-order valence-electron chi connectivity index (χ1n) is 4.58. The molecule has 2 N–H and O–H groups in total. The maximum atomic E-state index is 12.8. The Morgan fingerprint density at radius 3 is 2.81 bits per heavy atom. The largest absolute Gasteiger partial charge is 0.332 e. The van der Waals surface area contributed by atoms with Gasteiger partial charge in [0.05, 0.1) is 5.02 Å². The number of carbonyl (C=O) groups is 1. The SMILES string of the molecule is CCC(=O)NC(=S)Nc1ccc(F)c(Cl)c1. The molecule has 0 bridgehead atoms. The summed E-state index contributed by atoms with van der Waals surface area (Å²) in [7, 11) is 0. The van der Waals surface area contributed by atoms with Gasteiger partial charge in [-0.25, -0.2) is 4.39 Å². The van der Waals surface area contributed by atoms with Gasteiger partial charge in [-0.05, 0) is 30.4 Å². The predicted molar refractivity (Wildman–Crippen MR) is 66.1 cm³/mol. The van der Waals surface area contributed by atoms with E-state index in [4.69, 9.17) is 23.8 Å². The van der Waals surface area contributed by atoms with Crippen molar-refractivity contribution >= 4 is 40.5 Å². The minimum absolute atomic E-state index is 0.00498. The highest BCUT2D eigenvalue weighted by molar-refractivity contribution is 7.80. The molecular weight excluding hydrogens is 251 g/mol. The zero-order chi connectivity index (χ0) is 12.1. The Kier molecular flexibility index (Phi) is 4.64. The topological polar surface area (TPSA) is 41.1 Å². The molecule has 6 heteroatoms. The summed E-state index contributed by atoms with van der Waals surface area (Å²) in [5.74, 6) is -0.693. The normalized spacial score (nSPS) is 9.69. The van der Waals surface area contributed by atoms with Gasteiger partial charge in [0.25, 0.3) is 0 Å². The summed E-state index contributed by atoms with van der Waals surface area (Å²) in [6, 6.07) is 4.09. The van der Waals surface area contributed by atoms with Gasteiger partial charge >= 0.3 is 0 Å². The van der Waals surface area contributed by atoms with Crippen LogP contribution in [0.25, 0.3) is 0 Å². The number of benzene rings is 1. The third-order valence-corrected chi connectivity index (χ3v) is 2.25. The molecule has 0 heterocycles. The molecule has 0 radical (unpaired) electrons. The number of thiocarbonyl (C=S) groups is 1. The van der Waals surface area contributed by atoms with Crippen LogP contribution in [0.5, 0.6) is 0 Å². The summed E-state index contributed by atoms with van der Waals surface area (Å²) in [5, 5.41) is 5.34. The van der Waals surface area contributed by atoms with Gasteiger partial charge in [-0.1, -0.05) is 18.5 Å². The first kappa shape index (κ1) is 12.9. The Hall–Kier alpha value is -1.20. The maximum absolute atomic E-state index is 12.8. The van der Waals surface area contributed by atoms with Crippen molar-refractivity contribution in [1.29, 1.82) is 0 Å². The van der Waals surface area contributed by atoms with Crippen molar-refractivity contribution in [2.24, 2.45) is 0 Å². The van der Waals surface area contributed by atoms with E-state index >= 15 is 0 Å². The van der Waals surface area contributed by atoms with Crippen LogP contribution in [0, 0.1) is 5.82 Å². The summed E-state index contributed by atoms with van der Waals surface area (Å²) in [4.78, 5) is 11.0. The van der Waals surface area contributed by atoms with Gasteiger partial charge in [0.1, 0.15) is 5.82 Å². The van der Waals surface area contributed by atoms with Crippen molar-refractivity contribution < 1.29 is 9.18 Å². The van der Waals surface area contributed by atoms with Crippen molar-refractivity contribution in [1.82, 2.24) is 5.32 Å². The lowest BCUT2D eigenvalue weighted by Crippen LogP contribution is -2.33. The van der Waals surface area contributed by atoms with Crippen LogP contribution >= 0.6 is 23.8 Å². The second-order valence-electron chi connectivity index (χ2n) is 2.98. The van der Waals surface area contributed by atoms with E-state index in [-0.39, 0.29) is 16.0 Å². The minimum atomic E-state index is -0.504. The standard InChI is InChI=1S/C10H10ClFN2OS/c1-2-9(15)14-10(16)13-6-3-4-8(12)7(11)5-6/h3-5H,2H2,1H3,(H2,13,14,15,16). The minimum Gasteiger partial charge on any atom is -0.332 e. The lowest BCUT2D eigenvalue weighted by atomic mass is 10.3. The fraction of sp³-hybridized carbons (Fsp3) is 0.200. The van der Waals surface area contributed by atoms with Gasteiger partial charge in [0.2, 0.25) is 5.91 Å². The second-order valence-corrected chi connectivity index (χ2v) is 3.80. The van der Waals surface area contributed by atoms with Crippen LogP contribution in [0.4, 0.5) is 10.1 Å². The van der Waals surface area contributed by atoms with Gasteiger partial charge in [-0.15, -0.1) is 0 Å². The molecule has 0 spiro atoms. The first-order chi connectivity index (χ1) is 7.52. The highest BCUT2D eigenvalue weighted by Gasteiger charge is 2.04. The molecule has 0 aliphatic rings. The number of hydrogen-bond donors (Lipinski definition) is 2. The molecule has 0 aliphatic carbocycles. The lowest BCUT2D eigenvalue weighted by molar-refractivity contribution is -0.119. The highest BCUT2D eigenvalue weighted by Crippen LogP contribution is 2.19. The van der Waals surface area contributed by atoms with Crippen molar-refractivity contribution in [3.63, 3.8) is 0 Å². The lowest BCUT2D eigenvalue weighted by Gasteiger charge is -2.08. The summed E-state index contributed by atoms with van der Waals surface area (Å²) in [6.07, 6.45) is 0.339. The van der Waals surface area contributed by atoms with Crippen LogP contribution in [0.3, 0.4) is 0 Å². The highest BCUT2D eigenvalue weighted by atomic mass is 35.5. The smallest absolute Gasteiger partial charge is 0.225 e. The molecule has 16 heavy (non-hydrogen) atoms. The van der Waals surface area contributed by atoms with E-state index in [9.17, 15) is 9.18 Å². The van der Waals surface area contributed by atoms with Gasteiger partial charge < -0.3 is 10.6 Å². The second kappa shape index (κ2) is 5.77. The Morgan fingerprint density at radius 1 is 1.56 bits per heavy atom. The Bertz CT molecular complexity index is 425. The van der Waals surface area contributed by atoms with Crippen molar-refractivity contribution in [2.45, 2.75) is 13.3 Å². The van der Waals surface area contributed by atoms with E-state index in [1.807, 2.05) is 0 Å². The molecule has 0 atom stereocenters. The zero-order valence-corrected chi connectivity index (χ0v) is 10.1. The zero-order valence-electron chi connectivity index (χ0n) is 8.51. The number of amides is 1. The number of anilines is 1. The molecule has 0 fully saturated rings. The number of nitrogens with one attached hydrogen (secondary N) is 2. The van der Waals surface area contributed by atoms with Crippen LogP contribution in [-0.4, -0.2) is 11.0 Å². The third kappa shape index (κ3) is 3.75. The predicted octanol–water partition coefficient (Wildman–Crippen LogP) is 2.70. The van der Waals surface area contributed by atoms with E-state index in [1.54, 1.807) is 6.92 Å². The number of rotatable bonds is 2. The van der Waals surface area contributed by atoms with Crippen molar-refractivity contribution in [3.8, 4) is 0 Å². The monoisotopic (exact) mass is 260 g/mol. The van der Waals surface area contributed by atoms with Crippen molar-refractivity contribution in [3.05, 3.63) is 29.0 Å². The van der Waals surface area contributed by atoms with Gasteiger partial charge in [-0.3, -0.25) is 4.79 Å². The van der Waals surface area contributed by atoms with E-state index in [0.717, 1.165) is 0 Å². The molecule has 1 rings (SSSR count). The van der Waals surface area contributed by atoms with E-state index in [2.05, 4.69) is 10.6 Å². The molecular formula is C10H10ClFN2OS. The van der Waals surface area contributed by atoms with Gasteiger partial charge in [0.15, 0.2) is 5.11 Å². The Labute approximate surface area is 103 Å². The molecule has 0 aromatic heterocycles. The maximum Gasteiger partial charge on any atom is 0.225 e. The molecule has 86 valence electrons. The summed E-state index contributed by atoms with van der Waals surface area (Å²) < 4.78 is 12.8. The Morgan fingerprint density at radius 2 is 2.25 bits per heavy atom. The molecule has 0 saturated carbocycles. The van der Waals surface area contributed by atoms with E-state index in [0.29, 0.717) is 12.1 Å². The van der Waals surface area contributed by atoms with Crippen LogP contribution in [0.15, 0.2) is 18.2 Å². The van der Waals surface area contributed by atoms with Crippen LogP contribution in [-0.2, 0) is 4.79 Å². The van der Waals surface area contributed by atoms with Gasteiger partial charge in [0, 0.05) is 12.1 Å². The van der Waals surface area contributed by atoms with Crippen LogP contribution < -0.4 is 10.6 Å². The first-order valence-corrected chi connectivity index (χ1v) is 5.37. The molecule has 0 aliphatic heterocycles. The molecule has 1 amide bonds. The summed E-state index contributed by atoms with van der Waals surface area (Å²) in [6.45, 7) is 1.71. The van der Waals surface area contributed by atoms with Gasteiger partial charge in [-0.2, -0.15) is 0 Å². The van der Waals surface area contributed by atoms with Crippen LogP contribution in [0.2, 0.25) is 5.02 Å². The average molecular weight is 261 g/mol. The Balaban J connectivity index is 2.63. The molecule has 0 unspecified atom stereocenters. The fourth-order valence-corrected chi connectivity index (χ4v) is 1.36. The number of carbonyl (C=O) groups excluding carboxylic acids is 1. The third-order valence-electron chi connectivity index (χ3n) is 1.75. The molecule has 3 nitrogen and oxygen atoms in total. The molecule has 0 saturated heterocycles.